The van der Waals surface area contributed by atoms with Gasteiger partial charge in [-0.05, 0) is 37.6 Å². The number of aliphatic hydroxyl groups is 1. The maximum atomic E-state index is 12.4. The van der Waals surface area contributed by atoms with Crippen LogP contribution in [0.4, 0.5) is 0 Å². The van der Waals surface area contributed by atoms with E-state index in [0.717, 1.165) is 12.0 Å². The van der Waals surface area contributed by atoms with Crippen molar-refractivity contribution in [1.29, 1.82) is 0 Å². The summed E-state index contributed by atoms with van der Waals surface area (Å²) in [5.41, 5.74) is 0.974. The molecule has 2 unspecified atom stereocenters. The van der Waals surface area contributed by atoms with Gasteiger partial charge in [-0.25, -0.2) is 0 Å². The van der Waals surface area contributed by atoms with E-state index >= 15 is 0 Å². The van der Waals surface area contributed by atoms with E-state index in [1.807, 2.05) is 19.2 Å². The molecule has 120 valence electrons. The van der Waals surface area contributed by atoms with E-state index in [0.29, 0.717) is 16.5 Å². The minimum atomic E-state index is -0.508. The Morgan fingerprint density at radius 1 is 1.32 bits per heavy atom. The summed E-state index contributed by atoms with van der Waals surface area (Å²) in [5.74, 6) is -0.709. The third kappa shape index (κ3) is 2.52. The van der Waals surface area contributed by atoms with Crippen LogP contribution in [0.3, 0.4) is 0 Å². The number of benzene rings is 1. The molecule has 3 rings (SSSR count). The van der Waals surface area contributed by atoms with Crippen LogP contribution < -0.4 is 0 Å². The van der Waals surface area contributed by atoms with Gasteiger partial charge in [-0.2, -0.15) is 0 Å². The molecule has 2 fully saturated rings. The number of ether oxygens (including phenoxy) is 1. The minimum absolute atomic E-state index is 0.0226. The molecule has 5 atom stereocenters. The fourth-order valence-electron chi connectivity index (χ4n) is 4.06. The van der Waals surface area contributed by atoms with Gasteiger partial charge in [-0.3, -0.25) is 9.69 Å². The second kappa shape index (κ2) is 6.00. The maximum absolute atomic E-state index is 12.4. The van der Waals surface area contributed by atoms with Crippen molar-refractivity contribution in [1.82, 2.24) is 4.90 Å². The molecule has 2 saturated heterocycles. The summed E-state index contributed by atoms with van der Waals surface area (Å²) in [7, 11) is 3.36. The molecule has 4 nitrogen and oxygen atoms in total. The Morgan fingerprint density at radius 2 is 2.05 bits per heavy atom. The molecule has 1 aromatic rings. The van der Waals surface area contributed by atoms with Gasteiger partial charge in [0, 0.05) is 18.0 Å². The number of fused-ring (bicyclic) bond motifs is 2. The lowest BCUT2D eigenvalue weighted by Crippen LogP contribution is -2.51. The maximum Gasteiger partial charge on any atom is 0.310 e. The van der Waals surface area contributed by atoms with E-state index in [1.54, 1.807) is 6.07 Å². The Balaban J connectivity index is 2.01. The molecule has 1 aromatic carbocycles. The Morgan fingerprint density at radius 3 is 2.68 bits per heavy atom. The summed E-state index contributed by atoms with van der Waals surface area (Å²) in [6.07, 6.45) is 0.973. The highest BCUT2D eigenvalue weighted by molar-refractivity contribution is 6.42. The number of methoxy groups -OCH3 is 1. The molecule has 22 heavy (non-hydrogen) atoms. The summed E-state index contributed by atoms with van der Waals surface area (Å²) in [6.45, 7) is 0. The van der Waals surface area contributed by atoms with E-state index in [2.05, 4.69) is 4.90 Å². The van der Waals surface area contributed by atoms with Crippen LogP contribution in [0.1, 0.15) is 24.3 Å². The van der Waals surface area contributed by atoms with Crippen LogP contribution in [-0.4, -0.2) is 48.3 Å². The third-order valence-electron chi connectivity index (χ3n) is 5.13. The lowest BCUT2D eigenvalue weighted by Gasteiger charge is -2.42. The molecular weight excluding hydrogens is 325 g/mol. The molecule has 0 aromatic heterocycles. The monoisotopic (exact) mass is 343 g/mol. The van der Waals surface area contributed by atoms with Crippen molar-refractivity contribution in [3.05, 3.63) is 33.8 Å². The van der Waals surface area contributed by atoms with Crippen LogP contribution >= 0.6 is 23.2 Å². The highest BCUT2D eigenvalue weighted by Gasteiger charge is 2.53. The summed E-state index contributed by atoms with van der Waals surface area (Å²) >= 11 is 12.1. The van der Waals surface area contributed by atoms with Gasteiger partial charge in [0.2, 0.25) is 0 Å². The van der Waals surface area contributed by atoms with Crippen LogP contribution in [0.15, 0.2) is 18.2 Å². The van der Waals surface area contributed by atoms with Crippen LogP contribution in [0.2, 0.25) is 10.0 Å². The molecule has 0 spiro atoms. The van der Waals surface area contributed by atoms with E-state index in [9.17, 15) is 9.90 Å². The summed E-state index contributed by atoms with van der Waals surface area (Å²) in [4.78, 5) is 14.5. The van der Waals surface area contributed by atoms with Crippen molar-refractivity contribution in [2.45, 2.75) is 36.9 Å². The zero-order chi connectivity index (χ0) is 16.0. The smallest absolute Gasteiger partial charge is 0.310 e. The van der Waals surface area contributed by atoms with E-state index in [-0.39, 0.29) is 24.0 Å². The number of rotatable bonds is 2. The van der Waals surface area contributed by atoms with Gasteiger partial charge in [-0.15, -0.1) is 0 Å². The molecule has 0 saturated carbocycles. The zero-order valence-corrected chi connectivity index (χ0v) is 14.0. The van der Waals surface area contributed by atoms with Crippen LogP contribution in [-0.2, 0) is 9.53 Å². The van der Waals surface area contributed by atoms with Gasteiger partial charge in [0.25, 0.3) is 0 Å². The first-order valence-electron chi connectivity index (χ1n) is 7.36. The quantitative estimate of drug-likeness (QED) is 0.838. The number of hydrogen-bond donors (Lipinski definition) is 1. The fourth-order valence-corrected chi connectivity index (χ4v) is 4.36. The van der Waals surface area contributed by atoms with Crippen molar-refractivity contribution >= 4 is 29.2 Å². The normalized spacial score (nSPS) is 34.7. The van der Waals surface area contributed by atoms with Crippen molar-refractivity contribution in [2.75, 3.05) is 14.2 Å². The number of nitrogens with zero attached hydrogens (tertiary/aromatic N) is 1. The second-order valence-electron chi connectivity index (χ2n) is 6.18. The van der Waals surface area contributed by atoms with Crippen molar-refractivity contribution in [3.63, 3.8) is 0 Å². The first-order valence-corrected chi connectivity index (χ1v) is 8.12. The summed E-state index contributed by atoms with van der Waals surface area (Å²) in [5, 5.41) is 11.3. The first kappa shape index (κ1) is 16.1. The Labute approximate surface area is 140 Å². The number of carbonyl (C=O) groups is 1. The van der Waals surface area contributed by atoms with Gasteiger partial charge >= 0.3 is 5.97 Å². The van der Waals surface area contributed by atoms with Crippen LogP contribution in [0.25, 0.3) is 0 Å². The number of esters is 1. The van der Waals surface area contributed by atoms with E-state index in [4.69, 9.17) is 27.9 Å². The Hall–Kier alpha value is -0.810. The summed E-state index contributed by atoms with van der Waals surface area (Å²) in [6, 6.07) is 5.53. The molecule has 1 N–H and O–H groups in total. The number of carbonyl (C=O) groups excluding carboxylic acids is 1. The average Bonchev–Trinajstić information content (AvgIpc) is 2.68. The highest BCUT2D eigenvalue weighted by Crippen LogP contribution is 2.47. The van der Waals surface area contributed by atoms with Crippen molar-refractivity contribution < 1.29 is 14.6 Å². The van der Waals surface area contributed by atoms with Gasteiger partial charge in [0.05, 0.1) is 29.2 Å². The minimum Gasteiger partial charge on any atom is -0.469 e. The topological polar surface area (TPSA) is 49.8 Å². The van der Waals surface area contributed by atoms with Crippen molar-refractivity contribution in [2.24, 2.45) is 5.92 Å². The second-order valence-corrected chi connectivity index (χ2v) is 6.99. The van der Waals surface area contributed by atoms with Gasteiger partial charge in [0.1, 0.15) is 0 Å². The largest absolute Gasteiger partial charge is 0.469 e. The third-order valence-corrected chi connectivity index (χ3v) is 5.87. The molecule has 0 amide bonds. The fraction of sp³-hybridized carbons (Fsp3) is 0.562. The predicted molar refractivity (Wildman–Crippen MR) is 85.3 cm³/mol. The first-order chi connectivity index (χ1) is 10.4. The molecule has 2 aliphatic rings. The highest BCUT2D eigenvalue weighted by atomic mass is 35.5. The van der Waals surface area contributed by atoms with Crippen LogP contribution in [0.5, 0.6) is 0 Å². The molecule has 2 heterocycles. The van der Waals surface area contributed by atoms with E-state index in [1.165, 1.54) is 7.11 Å². The van der Waals surface area contributed by atoms with Crippen LogP contribution in [0, 0.1) is 5.92 Å². The SMILES string of the molecule is COC(=O)[C@@H]1C(c2ccc(Cl)c(Cl)c2)C[C@H]2C[C@@H](O)C1N2C. The predicted octanol–water partition coefficient (Wildman–Crippen LogP) is 2.70. The lowest BCUT2D eigenvalue weighted by atomic mass is 9.76. The molecule has 6 heteroatoms. The van der Waals surface area contributed by atoms with Crippen molar-refractivity contribution in [3.8, 4) is 0 Å². The molecule has 0 radical (unpaired) electrons. The number of halogens is 2. The molecule has 0 aliphatic carbocycles. The number of hydrogen-bond acceptors (Lipinski definition) is 4. The lowest BCUT2D eigenvalue weighted by molar-refractivity contribution is -0.151. The van der Waals surface area contributed by atoms with E-state index < -0.39 is 12.0 Å². The Bertz CT molecular complexity index is 595. The molecular formula is C16H19Cl2NO3. The standard InChI is InChI=1S/C16H19Cl2NO3/c1-19-9-6-10(8-3-4-11(17)12(18)5-8)14(16(21)22-2)15(19)13(20)7-9/h3-5,9-10,13-15,20H,6-7H2,1-2H3/t9-,10?,13+,14+,15?/m0/s1. The number of aliphatic hydroxyl groups excluding tert-OH is 1. The van der Waals surface area contributed by atoms with Gasteiger partial charge in [0.15, 0.2) is 0 Å². The Kier molecular flexibility index (Phi) is 4.38. The number of likely N-dealkylation sites (N-methyl/N-ethyl adjacent to an activating group) is 1. The summed E-state index contributed by atoms with van der Waals surface area (Å²) < 4.78 is 5.01. The van der Waals surface area contributed by atoms with Gasteiger partial charge < -0.3 is 9.84 Å². The molecule has 2 bridgehead atoms. The molecule has 2 aliphatic heterocycles. The zero-order valence-electron chi connectivity index (χ0n) is 12.5. The average molecular weight is 344 g/mol. The van der Waals surface area contributed by atoms with Gasteiger partial charge in [-0.1, -0.05) is 29.3 Å². The number of piperidine rings is 1.